The minimum absolute atomic E-state index is 0.190. The van der Waals surface area contributed by atoms with E-state index in [0.717, 1.165) is 5.56 Å². The first-order valence-corrected chi connectivity index (χ1v) is 6.69. The summed E-state index contributed by atoms with van der Waals surface area (Å²) in [6.45, 7) is 0.403. The van der Waals surface area contributed by atoms with Gasteiger partial charge in [0.25, 0.3) is 0 Å². The van der Waals surface area contributed by atoms with E-state index in [0.29, 0.717) is 27.3 Å². The lowest BCUT2D eigenvalue weighted by Gasteiger charge is -2.10. The fraction of sp³-hybridized carbons (Fsp3) is 0.0714. The van der Waals surface area contributed by atoms with Crippen molar-refractivity contribution in [3.63, 3.8) is 0 Å². The standard InChI is InChI=1S/C14H10BrClN2O/c15-12-3-1-2-10(14(12)19)8-18-13-6-11(16)5-4-9(13)7-17/h1-6,18-19H,8H2. The fourth-order valence-corrected chi connectivity index (χ4v) is 2.23. The van der Waals surface area contributed by atoms with Crippen LogP contribution in [0.5, 0.6) is 5.75 Å². The molecule has 2 N–H and O–H groups in total. The Morgan fingerprint density at radius 2 is 2.11 bits per heavy atom. The molecule has 2 aromatic carbocycles. The van der Waals surface area contributed by atoms with Gasteiger partial charge in [0.1, 0.15) is 11.8 Å². The molecule has 2 rings (SSSR count). The van der Waals surface area contributed by atoms with Crippen molar-refractivity contribution in [1.29, 1.82) is 5.26 Å². The van der Waals surface area contributed by atoms with Crippen LogP contribution in [0.25, 0.3) is 0 Å². The highest BCUT2D eigenvalue weighted by Crippen LogP contribution is 2.28. The lowest BCUT2D eigenvalue weighted by atomic mass is 10.1. The number of nitrogens with zero attached hydrogens (tertiary/aromatic N) is 1. The van der Waals surface area contributed by atoms with Gasteiger partial charge in [-0.15, -0.1) is 0 Å². The van der Waals surface area contributed by atoms with Gasteiger partial charge in [-0.1, -0.05) is 23.7 Å². The average Bonchev–Trinajstić information content (AvgIpc) is 2.40. The predicted octanol–water partition coefficient (Wildman–Crippen LogP) is 4.29. The molecule has 0 spiro atoms. The summed E-state index contributed by atoms with van der Waals surface area (Å²) >= 11 is 9.17. The van der Waals surface area contributed by atoms with E-state index in [-0.39, 0.29) is 5.75 Å². The summed E-state index contributed by atoms with van der Waals surface area (Å²) < 4.78 is 0.637. The van der Waals surface area contributed by atoms with E-state index in [4.69, 9.17) is 16.9 Å². The molecule has 0 aliphatic carbocycles. The number of nitriles is 1. The number of hydrogen-bond acceptors (Lipinski definition) is 3. The van der Waals surface area contributed by atoms with Crippen LogP contribution in [0.15, 0.2) is 40.9 Å². The maximum absolute atomic E-state index is 9.88. The fourth-order valence-electron chi connectivity index (χ4n) is 1.65. The van der Waals surface area contributed by atoms with Gasteiger partial charge < -0.3 is 10.4 Å². The van der Waals surface area contributed by atoms with E-state index >= 15 is 0 Å². The molecule has 0 bridgehead atoms. The van der Waals surface area contributed by atoms with Gasteiger partial charge in [-0.05, 0) is 40.2 Å². The normalized spacial score (nSPS) is 9.95. The van der Waals surface area contributed by atoms with E-state index in [1.807, 2.05) is 12.1 Å². The quantitative estimate of drug-likeness (QED) is 0.878. The van der Waals surface area contributed by atoms with E-state index in [1.54, 1.807) is 24.3 Å². The molecule has 0 heterocycles. The molecule has 2 aromatic rings. The lowest BCUT2D eigenvalue weighted by Crippen LogP contribution is -2.01. The number of anilines is 1. The van der Waals surface area contributed by atoms with Gasteiger partial charge in [0.15, 0.2) is 0 Å². The molecule has 0 saturated carbocycles. The Morgan fingerprint density at radius 3 is 2.84 bits per heavy atom. The maximum atomic E-state index is 9.88. The first-order valence-electron chi connectivity index (χ1n) is 5.51. The van der Waals surface area contributed by atoms with Crippen LogP contribution in [-0.2, 0) is 6.54 Å². The Bertz CT molecular complexity index is 652. The number of hydrogen-bond donors (Lipinski definition) is 2. The maximum Gasteiger partial charge on any atom is 0.134 e. The van der Waals surface area contributed by atoms with Crippen molar-refractivity contribution in [2.45, 2.75) is 6.54 Å². The van der Waals surface area contributed by atoms with Gasteiger partial charge in [0, 0.05) is 17.1 Å². The molecule has 5 heteroatoms. The number of phenols is 1. The molecular weight excluding hydrogens is 328 g/mol. The van der Waals surface area contributed by atoms with Crippen molar-refractivity contribution in [1.82, 2.24) is 0 Å². The number of rotatable bonds is 3. The van der Waals surface area contributed by atoms with Crippen LogP contribution in [0.4, 0.5) is 5.69 Å². The van der Waals surface area contributed by atoms with E-state index < -0.39 is 0 Å². The lowest BCUT2D eigenvalue weighted by molar-refractivity contribution is 0.465. The minimum atomic E-state index is 0.190. The second kappa shape index (κ2) is 5.96. The van der Waals surface area contributed by atoms with Crippen LogP contribution in [-0.4, -0.2) is 5.11 Å². The monoisotopic (exact) mass is 336 g/mol. The predicted molar refractivity (Wildman–Crippen MR) is 79.3 cm³/mol. The molecule has 0 radical (unpaired) electrons. The Balaban J connectivity index is 2.21. The largest absolute Gasteiger partial charge is 0.506 e. The summed E-state index contributed by atoms with van der Waals surface area (Å²) in [4.78, 5) is 0. The van der Waals surface area contributed by atoms with Gasteiger partial charge in [0.05, 0.1) is 15.7 Å². The Labute approximate surface area is 124 Å². The van der Waals surface area contributed by atoms with Crippen molar-refractivity contribution < 1.29 is 5.11 Å². The zero-order chi connectivity index (χ0) is 13.8. The second-order valence-corrected chi connectivity index (χ2v) is 5.19. The summed E-state index contributed by atoms with van der Waals surface area (Å²) in [5.74, 6) is 0.190. The van der Waals surface area contributed by atoms with E-state index in [1.165, 1.54) is 0 Å². The Hall–Kier alpha value is -1.70. The molecule has 0 atom stereocenters. The van der Waals surface area contributed by atoms with Gasteiger partial charge in [0.2, 0.25) is 0 Å². The summed E-state index contributed by atoms with van der Waals surface area (Å²) in [7, 11) is 0. The summed E-state index contributed by atoms with van der Waals surface area (Å²) in [5, 5.41) is 22.6. The van der Waals surface area contributed by atoms with Gasteiger partial charge in [-0.25, -0.2) is 0 Å². The number of nitrogens with one attached hydrogen (secondary N) is 1. The van der Waals surface area contributed by atoms with E-state index in [2.05, 4.69) is 27.3 Å². The smallest absolute Gasteiger partial charge is 0.134 e. The molecule has 0 aliphatic rings. The van der Waals surface area contributed by atoms with Crippen LogP contribution < -0.4 is 5.32 Å². The minimum Gasteiger partial charge on any atom is -0.506 e. The molecule has 19 heavy (non-hydrogen) atoms. The third-order valence-electron chi connectivity index (χ3n) is 2.64. The third-order valence-corrected chi connectivity index (χ3v) is 3.52. The third kappa shape index (κ3) is 3.19. The molecule has 96 valence electrons. The van der Waals surface area contributed by atoms with E-state index in [9.17, 15) is 5.11 Å². The first kappa shape index (κ1) is 13.7. The van der Waals surface area contributed by atoms with Crippen LogP contribution >= 0.6 is 27.5 Å². The SMILES string of the molecule is N#Cc1ccc(Cl)cc1NCc1cccc(Br)c1O. The summed E-state index contributed by atoms with van der Waals surface area (Å²) in [6.07, 6.45) is 0. The number of para-hydroxylation sites is 1. The Morgan fingerprint density at radius 1 is 1.32 bits per heavy atom. The highest BCUT2D eigenvalue weighted by atomic mass is 79.9. The highest BCUT2D eigenvalue weighted by molar-refractivity contribution is 9.10. The van der Waals surface area contributed by atoms with Crippen molar-refractivity contribution >= 4 is 33.2 Å². The average molecular weight is 338 g/mol. The van der Waals surface area contributed by atoms with Crippen molar-refractivity contribution in [2.24, 2.45) is 0 Å². The van der Waals surface area contributed by atoms with Crippen molar-refractivity contribution in [3.05, 3.63) is 57.0 Å². The number of benzene rings is 2. The van der Waals surface area contributed by atoms with Crippen molar-refractivity contribution in [3.8, 4) is 11.8 Å². The summed E-state index contributed by atoms with van der Waals surface area (Å²) in [5.41, 5.74) is 1.89. The molecule has 0 fully saturated rings. The molecule has 0 saturated heterocycles. The zero-order valence-electron chi connectivity index (χ0n) is 9.82. The number of aromatic hydroxyl groups is 1. The number of halogens is 2. The first-order chi connectivity index (χ1) is 9.11. The van der Waals surface area contributed by atoms with Crippen LogP contribution in [0.1, 0.15) is 11.1 Å². The van der Waals surface area contributed by atoms with Gasteiger partial charge >= 0.3 is 0 Å². The molecule has 0 amide bonds. The molecule has 0 aromatic heterocycles. The van der Waals surface area contributed by atoms with Crippen LogP contribution in [0, 0.1) is 11.3 Å². The topological polar surface area (TPSA) is 56.0 Å². The molecule has 0 unspecified atom stereocenters. The number of phenolic OH excluding ortho intramolecular Hbond substituents is 1. The second-order valence-electron chi connectivity index (χ2n) is 3.90. The van der Waals surface area contributed by atoms with Crippen LogP contribution in [0.2, 0.25) is 5.02 Å². The highest BCUT2D eigenvalue weighted by Gasteiger charge is 2.07. The van der Waals surface area contributed by atoms with Gasteiger partial charge in [-0.3, -0.25) is 0 Å². The molecular formula is C14H10BrClN2O. The zero-order valence-corrected chi connectivity index (χ0v) is 12.2. The Kier molecular flexibility index (Phi) is 4.31. The van der Waals surface area contributed by atoms with Crippen LogP contribution in [0.3, 0.4) is 0 Å². The van der Waals surface area contributed by atoms with Gasteiger partial charge in [-0.2, -0.15) is 5.26 Å². The molecule has 0 aliphatic heterocycles. The summed E-state index contributed by atoms with van der Waals surface area (Å²) in [6, 6.07) is 12.5. The van der Waals surface area contributed by atoms with Crippen molar-refractivity contribution in [2.75, 3.05) is 5.32 Å². The molecule has 3 nitrogen and oxygen atoms in total.